The van der Waals surface area contributed by atoms with E-state index in [1.807, 2.05) is 24.3 Å². The van der Waals surface area contributed by atoms with Gasteiger partial charge in [-0.3, -0.25) is 14.0 Å². The lowest BCUT2D eigenvalue weighted by atomic mass is 10.1. The van der Waals surface area contributed by atoms with Gasteiger partial charge in [0.05, 0.1) is 18.2 Å². The lowest BCUT2D eigenvalue weighted by Gasteiger charge is -2.38. The first-order valence-electron chi connectivity index (χ1n) is 12.3. The molecule has 0 N–H and O–H groups in total. The molecule has 0 radical (unpaired) electrons. The molecule has 9 heteroatoms. The second-order valence-corrected chi connectivity index (χ2v) is 13.4. The molecule has 1 atom stereocenters. The molecule has 0 spiro atoms. The van der Waals surface area contributed by atoms with Crippen molar-refractivity contribution in [1.29, 1.82) is 5.26 Å². The number of Topliss-reactive ketones (excluding diaryl/α,β-unsaturated/α-hetero) is 1. The van der Waals surface area contributed by atoms with Crippen LogP contribution in [0, 0.1) is 17.2 Å². The third-order valence-corrected chi connectivity index (χ3v) is 10.6. The maximum absolute atomic E-state index is 14.0. The topological polar surface area (TPSA) is 86.0 Å². The molecule has 0 aliphatic carbocycles. The van der Waals surface area contributed by atoms with Crippen molar-refractivity contribution in [1.82, 2.24) is 9.57 Å². The molecule has 1 fully saturated rings. The van der Waals surface area contributed by atoms with Crippen LogP contribution in [0.1, 0.15) is 76.1 Å². The maximum atomic E-state index is 14.0. The van der Waals surface area contributed by atoms with E-state index in [0.717, 1.165) is 45.2 Å². The number of hydrogen-bond acceptors (Lipinski definition) is 6. The van der Waals surface area contributed by atoms with Gasteiger partial charge in [-0.15, -0.1) is 0 Å². The summed E-state index contributed by atoms with van der Waals surface area (Å²) < 4.78 is 21.4. The summed E-state index contributed by atoms with van der Waals surface area (Å²) in [4.78, 5) is 19.4. The number of rotatable bonds is 12. The highest BCUT2D eigenvalue weighted by atomic mass is 32.7. The molecule has 0 aromatic heterocycles. The number of unbranched alkanes of at least 4 members (excludes halogenated alkanes) is 1. The monoisotopic (exact) mass is 506 g/mol. The minimum atomic E-state index is -3.32. The summed E-state index contributed by atoms with van der Waals surface area (Å²) in [6, 6.07) is 9.48. The smallest absolute Gasteiger partial charge is 0.342 e. The van der Waals surface area contributed by atoms with E-state index in [-0.39, 0.29) is 18.7 Å². The van der Waals surface area contributed by atoms with E-state index < -0.39 is 6.72 Å². The number of carbonyl (C=O) groups excluding carboxylic acids is 1. The Hall–Kier alpha value is -1.81. The number of aliphatic imine (C=N–C) groups is 1. The number of nitriles is 1. The molecule has 34 heavy (non-hydrogen) atoms. The number of carbonyl (C=O) groups is 1. The van der Waals surface area contributed by atoms with Gasteiger partial charge in [-0.1, -0.05) is 27.2 Å². The molecular weight excluding hydrogens is 467 g/mol. The molecule has 1 saturated heterocycles. The van der Waals surface area contributed by atoms with Gasteiger partial charge in [0.2, 0.25) is 5.96 Å². The zero-order valence-corrected chi connectivity index (χ0v) is 22.7. The molecule has 2 rings (SSSR count). The largest absolute Gasteiger partial charge is 0.355 e. The van der Waals surface area contributed by atoms with Crippen LogP contribution >= 0.6 is 18.1 Å². The van der Waals surface area contributed by atoms with Gasteiger partial charge in [-0.2, -0.15) is 5.26 Å². The fourth-order valence-corrected chi connectivity index (χ4v) is 7.98. The molecule has 1 heterocycles. The molecule has 1 aliphatic rings. The summed E-state index contributed by atoms with van der Waals surface area (Å²) in [6.45, 7) is 4.81. The number of nitrogens with zero attached hydrogens (tertiary/aromatic N) is 4. The Morgan fingerprint density at radius 3 is 2.50 bits per heavy atom. The van der Waals surface area contributed by atoms with E-state index in [9.17, 15) is 14.6 Å². The number of piperidine rings is 1. The van der Waals surface area contributed by atoms with Crippen molar-refractivity contribution in [2.75, 3.05) is 32.5 Å². The van der Waals surface area contributed by atoms with E-state index in [1.54, 1.807) is 4.67 Å². The lowest BCUT2D eigenvalue weighted by Crippen LogP contribution is -2.45. The van der Waals surface area contributed by atoms with Crippen LogP contribution in [0.5, 0.6) is 0 Å². The molecule has 0 amide bonds. The Labute approximate surface area is 209 Å². The van der Waals surface area contributed by atoms with E-state index in [1.165, 1.54) is 18.5 Å². The van der Waals surface area contributed by atoms with Crippen LogP contribution in [-0.4, -0.2) is 53.8 Å². The normalized spacial score (nSPS) is 16.2. The van der Waals surface area contributed by atoms with Crippen molar-refractivity contribution in [3.63, 3.8) is 0 Å². The number of ketones is 1. The average Bonchev–Trinajstić information content (AvgIpc) is 2.86. The van der Waals surface area contributed by atoms with Crippen LogP contribution in [0.15, 0.2) is 29.3 Å². The zero-order valence-electron chi connectivity index (χ0n) is 21.0. The van der Waals surface area contributed by atoms with Gasteiger partial charge >= 0.3 is 6.72 Å². The number of likely N-dealkylation sites (tertiary alicyclic amines) is 1. The average molecular weight is 507 g/mol. The molecule has 188 valence electrons. The third-order valence-electron chi connectivity index (χ3n) is 5.58. The van der Waals surface area contributed by atoms with Crippen LogP contribution in [0.4, 0.5) is 5.69 Å². The predicted molar refractivity (Wildman–Crippen MR) is 142 cm³/mol. The summed E-state index contributed by atoms with van der Waals surface area (Å²) in [6.07, 6.45) is 5.85. The fourth-order valence-electron chi connectivity index (χ4n) is 3.66. The van der Waals surface area contributed by atoms with E-state index in [0.29, 0.717) is 35.3 Å². The Morgan fingerprint density at radius 2 is 1.94 bits per heavy atom. The molecule has 1 unspecified atom stereocenters. The predicted octanol–water partition coefficient (Wildman–Crippen LogP) is 6.89. The van der Waals surface area contributed by atoms with Crippen molar-refractivity contribution in [3.05, 3.63) is 29.8 Å². The Kier molecular flexibility index (Phi) is 12.2. The number of guanidine groups is 1. The van der Waals surface area contributed by atoms with Crippen LogP contribution in [-0.2, 0) is 9.09 Å². The first-order valence-corrected chi connectivity index (χ1v) is 15.4. The van der Waals surface area contributed by atoms with E-state index in [4.69, 9.17) is 9.52 Å². The summed E-state index contributed by atoms with van der Waals surface area (Å²) >= 11 is 1.31. The van der Waals surface area contributed by atoms with Gasteiger partial charge < -0.3 is 9.42 Å². The molecule has 0 bridgehead atoms. The van der Waals surface area contributed by atoms with E-state index >= 15 is 0 Å². The van der Waals surface area contributed by atoms with Crippen LogP contribution < -0.4 is 0 Å². The minimum absolute atomic E-state index is 0.137. The van der Waals surface area contributed by atoms with Gasteiger partial charge in [0.1, 0.15) is 0 Å². The fraction of sp³-hybridized carbons (Fsp3) is 0.640. The molecule has 1 aromatic carbocycles. The molecular formula is C25H39N4O3PS. The van der Waals surface area contributed by atoms with Crippen molar-refractivity contribution in [3.8, 4) is 6.07 Å². The highest BCUT2D eigenvalue weighted by Crippen LogP contribution is 2.62. The summed E-state index contributed by atoms with van der Waals surface area (Å²) in [5, 5.41) is 9.30. The first-order chi connectivity index (χ1) is 16.3. The van der Waals surface area contributed by atoms with Gasteiger partial charge in [-0.05, 0) is 67.2 Å². The SMILES string of the molecule is CCCCC(=O)c1ccc(N=C(N2CCCCC2)N(CCC#N)P(=O)(OC)SCC(C)C)cc1. The lowest BCUT2D eigenvalue weighted by molar-refractivity contribution is 0.0980. The molecule has 1 aromatic rings. The summed E-state index contributed by atoms with van der Waals surface area (Å²) in [7, 11) is 1.47. The molecule has 7 nitrogen and oxygen atoms in total. The van der Waals surface area contributed by atoms with E-state index in [2.05, 4.69) is 31.7 Å². The molecule has 1 aliphatic heterocycles. The molecule has 0 saturated carbocycles. The standard InChI is InChI=1S/C25H39N4O3PS/c1-5-6-11-24(30)22-12-14-23(15-13-22)27-25(28-17-8-7-9-18-28)29(19-10-16-26)33(31,32-4)34-20-21(2)3/h12-15,21H,5-11,17-20H2,1-4H3. The van der Waals surface area contributed by atoms with Crippen molar-refractivity contribution in [2.24, 2.45) is 10.9 Å². The van der Waals surface area contributed by atoms with Gasteiger partial charge in [0.25, 0.3) is 0 Å². The highest BCUT2D eigenvalue weighted by molar-refractivity contribution is 8.56. The van der Waals surface area contributed by atoms with Crippen LogP contribution in [0.2, 0.25) is 0 Å². The van der Waals surface area contributed by atoms with Crippen LogP contribution in [0.25, 0.3) is 0 Å². The Morgan fingerprint density at radius 1 is 1.26 bits per heavy atom. The highest BCUT2D eigenvalue weighted by Gasteiger charge is 2.37. The zero-order chi connectivity index (χ0) is 25.0. The number of hydrogen-bond donors (Lipinski definition) is 0. The third kappa shape index (κ3) is 8.45. The van der Waals surface area contributed by atoms with Crippen molar-refractivity contribution >= 4 is 35.5 Å². The quantitative estimate of drug-likeness (QED) is 0.132. The maximum Gasteiger partial charge on any atom is 0.355 e. The summed E-state index contributed by atoms with van der Waals surface area (Å²) in [5.41, 5.74) is 1.37. The number of benzene rings is 1. The van der Waals surface area contributed by atoms with Gasteiger partial charge in [-0.25, -0.2) is 4.99 Å². The van der Waals surface area contributed by atoms with Crippen molar-refractivity contribution in [2.45, 2.75) is 65.7 Å². The minimum Gasteiger partial charge on any atom is -0.342 e. The summed E-state index contributed by atoms with van der Waals surface area (Å²) in [5.74, 6) is 1.75. The van der Waals surface area contributed by atoms with Crippen molar-refractivity contribution < 1.29 is 13.9 Å². The second-order valence-electron chi connectivity index (χ2n) is 8.91. The Balaban J connectivity index is 2.45. The first kappa shape index (κ1) is 28.4. The van der Waals surface area contributed by atoms with Gasteiger partial charge in [0, 0.05) is 44.5 Å². The Bertz CT molecular complexity index is 892. The van der Waals surface area contributed by atoms with Gasteiger partial charge in [0.15, 0.2) is 5.78 Å². The van der Waals surface area contributed by atoms with Crippen LogP contribution in [0.3, 0.4) is 0 Å². The second kappa shape index (κ2) is 14.6.